The van der Waals surface area contributed by atoms with Gasteiger partial charge in [0.05, 0.1) is 5.60 Å². The van der Waals surface area contributed by atoms with E-state index < -0.39 is 0 Å². The molecule has 0 radical (unpaired) electrons. The summed E-state index contributed by atoms with van der Waals surface area (Å²) in [5.41, 5.74) is -0.0714. The second-order valence-corrected chi connectivity index (χ2v) is 4.79. The Labute approximate surface area is 96.8 Å². The first-order valence-corrected chi connectivity index (χ1v) is 6.11. The molecule has 0 aromatic rings. The molecule has 2 rings (SSSR count). The number of carbonyl (C=O) groups is 1. The summed E-state index contributed by atoms with van der Waals surface area (Å²) in [6.45, 7) is 5.88. The zero-order chi connectivity index (χ0) is 11.4. The van der Waals surface area contributed by atoms with Crippen molar-refractivity contribution in [2.45, 2.75) is 37.7 Å². The Morgan fingerprint density at radius 2 is 2.12 bits per heavy atom. The molecule has 0 N–H and O–H groups in total. The zero-order valence-corrected chi connectivity index (χ0v) is 9.74. The van der Waals surface area contributed by atoms with Gasteiger partial charge in [0.15, 0.2) is 0 Å². The summed E-state index contributed by atoms with van der Waals surface area (Å²) < 4.78 is 11.3. The number of rotatable bonds is 3. The maximum absolute atomic E-state index is 11.9. The van der Waals surface area contributed by atoms with Crippen LogP contribution in [0.25, 0.3) is 0 Å². The van der Waals surface area contributed by atoms with Gasteiger partial charge >= 0.3 is 0 Å². The van der Waals surface area contributed by atoms with Crippen LogP contribution in [0, 0.1) is 5.92 Å². The zero-order valence-electron chi connectivity index (χ0n) is 9.74. The van der Waals surface area contributed by atoms with E-state index in [-0.39, 0.29) is 11.5 Å². The van der Waals surface area contributed by atoms with Crippen LogP contribution in [0.1, 0.15) is 32.1 Å². The van der Waals surface area contributed by atoms with Gasteiger partial charge in [0.2, 0.25) is 0 Å². The molecule has 0 bridgehead atoms. The maximum atomic E-state index is 11.9. The minimum absolute atomic E-state index is 0.0714. The van der Waals surface area contributed by atoms with Crippen molar-refractivity contribution < 1.29 is 14.3 Å². The predicted molar refractivity (Wildman–Crippen MR) is 61.3 cm³/mol. The highest BCUT2D eigenvalue weighted by Gasteiger charge is 2.40. The third kappa shape index (κ3) is 2.53. The molecule has 2 aliphatic rings. The quantitative estimate of drug-likeness (QED) is 0.689. The van der Waals surface area contributed by atoms with Crippen LogP contribution >= 0.6 is 0 Å². The molecule has 3 nitrogen and oxygen atoms in total. The van der Waals surface area contributed by atoms with E-state index in [4.69, 9.17) is 9.47 Å². The van der Waals surface area contributed by atoms with Gasteiger partial charge in [-0.25, -0.2) is 0 Å². The summed E-state index contributed by atoms with van der Waals surface area (Å²) in [7, 11) is 0. The summed E-state index contributed by atoms with van der Waals surface area (Å²) in [6, 6.07) is 0. The van der Waals surface area contributed by atoms with Crippen molar-refractivity contribution in [3.8, 4) is 0 Å². The molecular formula is C13H20O3. The van der Waals surface area contributed by atoms with Crippen LogP contribution in [-0.4, -0.2) is 31.2 Å². The van der Waals surface area contributed by atoms with Crippen molar-refractivity contribution in [1.29, 1.82) is 0 Å². The number of Topliss-reactive ketones (excluding diaryl/α,β-unsaturated/α-hetero) is 1. The van der Waals surface area contributed by atoms with E-state index in [1.807, 2.05) is 0 Å². The summed E-state index contributed by atoms with van der Waals surface area (Å²) >= 11 is 0. The molecule has 0 aliphatic carbocycles. The molecule has 0 aromatic carbocycles. The van der Waals surface area contributed by atoms with Crippen LogP contribution in [0.4, 0.5) is 0 Å². The molecule has 2 saturated heterocycles. The monoisotopic (exact) mass is 224 g/mol. The molecular weight excluding hydrogens is 204 g/mol. The Hall–Kier alpha value is -0.670. The van der Waals surface area contributed by atoms with Crippen molar-refractivity contribution in [2.24, 2.45) is 5.92 Å². The molecule has 1 spiro atoms. The minimum Gasteiger partial charge on any atom is -0.381 e. The highest BCUT2D eigenvalue weighted by atomic mass is 16.5. The van der Waals surface area contributed by atoms with Gasteiger partial charge in [0.1, 0.15) is 5.78 Å². The Morgan fingerprint density at radius 3 is 2.81 bits per heavy atom. The molecule has 90 valence electrons. The number of carbonyl (C=O) groups excluding carboxylic acids is 1. The third-order valence-corrected chi connectivity index (χ3v) is 3.70. The summed E-state index contributed by atoms with van der Waals surface area (Å²) in [5.74, 6) is 0.494. The number of hydrogen-bond acceptors (Lipinski definition) is 3. The molecule has 2 heterocycles. The van der Waals surface area contributed by atoms with Gasteiger partial charge < -0.3 is 9.47 Å². The van der Waals surface area contributed by atoms with Gasteiger partial charge in [0, 0.05) is 32.2 Å². The SMILES string of the molecule is C=CCC(=O)C1CCOC2(CCOCC2)C1. The normalized spacial score (nSPS) is 28.9. The van der Waals surface area contributed by atoms with Crippen molar-refractivity contribution in [2.75, 3.05) is 19.8 Å². The first kappa shape index (κ1) is 11.8. The smallest absolute Gasteiger partial charge is 0.139 e. The largest absolute Gasteiger partial charge is 0.381 e. The first-order chi connectivity index (χ1) is 7.76. The van der Waals surface area contributed by atoms with E-state index in [0.29, 0.717) is 18.8 Å². The number of ether oxygens (including phenoxy) is 2. The van der Waals surface area contributed by atoms with Crippen molar-refractivity contribution in [3.63, 3.8) is 0 Å². The van der Waals surface area contributed by atoms with Crippen LogP contribution in [0.3, 0.4) is 0 Å². The lowest BCUT2D eigenvalue weighted by Gasteiger charge is -2.42. The van der Waals surface area contributed by atoms with Crippen molar-refractivity contribution in [3.05, 3.63) is 12.7 Å². The van der Waals surface area contributed by atoms with E-state index in [1.165, 1.54) is 0 Å². The topological polar surface area (TPSA) is 35.5 Å². The lowest BCUT2D eigenvalue weighted by Crippen LogP contribution is -2.45. The van der Waals surface area contributed by atoms with Gasteiger partial charge in [-0.15, -0.1) is 6.58 Å². The second kappa shape index (κ2) is 5.11. The summed E-state index contributed by atoms with van der Waals surface area (Å²) in [5, 5.41) is 0. The fraction of sp³-hybridized carbons (Fsp3) is 0.769. The highest BCUT2D eigenvalue weighted by molar-refractivity contribution is 5.82. The number of allylic oxidation sites excluding steroid dienone is 1. The van der Waals surface area contributed by atoms with Gasteiger partial charge in [-0.2, -0.15) is 0 Å². The average molecular weight is 224 g/mol. The Bertz CT molecular complexity index is 261. The molecule has 2 aliphatic heterocycles. The van der Waals surface area contributed by atoms with E-state index >= 15 is 0 Å². The number of ketones is 1. The standard InChI is InChI=1S/C13H20O3/c1-2-3-12(14)11-4-7-16-13(10-11)5-8-15-9-6-13/h2,11H,1,3-10H2. The van der Waals surface area contributed by atoms with Gasteiger partial charge in [-0.05, 0) is 25.7 Å². The average Bonchev–Trinajstić information content (AvgIpc) is 2.30. The molecule has 16 heavy (non-hydrogen) atoms. The fourth-order valence-electron chi connectivity index (χ4n) is 2.70. The van der Waals surface area contributed by atoms with Crippen LogP contribution in [0.5, 0.6) is 0 Å². The van der Waals surface area contributed by atoms with Gasteiger partial charge in [-0.1, -0.05) is 6.08 Å². The van der Waals surface area contributed by atoms with Crippen LogP contribution < -0.4 is 0 Å². The Balaban J connectivity index is 1.97. The van der Waals surface area contributed by atoms with Gasteiger partial charge in [0.25, 0.3) is 0 Å². The van der Waals surface area contributed by atoms with Gasteiger partial charge in [-0.3, -0.25) is 4.79 Å². The molecule has 1 unspecified atom stereocenters. The molecule has 0 amide bonds. The van der Waals surface area contributed by atoms with Crippen molar-refractivity contribution in [1.82, 2.24) is 0 Å². The third-order valence-electron chi connectivity index (χ3n) is 3.70. The van der Waals surface area contributed by atoms with E-state index in [9.17, 15) is 4.79 Å². The number of hydrogen-bond donors (Lipinski definition) is 0. The predicted octanol–water partition coefficient (Wildman–Crippen LogP) is 2.11. The molecule has 0 saturated carbocycles. The fourth-order valence-corrected chi connectivity index (χ4v) is 2.70. The molecule has 1 atom stereocenters. The highest BCUT2D eigenvalue weighted by Crippen LogP contribution is 2.37. The van der Waals surface area contributed by atoms with E-state index in [1.54, 1.807) is 6.08 Å². The minimum atomic E-state index is -0.0714. The molecule has 3 heteroatoms. The lowest BCUT2D eigenvalue weighted by atomic mass is 9.78. The van der Waals surface area contributed by atoms with E-state index in [0.717, 1.165) is 38.9 Å². The van der Waals surface area contributed by atoms with Crippen molar-refractivity contribution >= 4 is 5.78 Å². The molecule has 0 aromatic heterocycles. The van der Waals surface area contributed by atoms with Crippen LogP contribution in [0.2, 0.25) is 0 Å². The maximum Gasteiger partial charge on any atom is 0.139 e. The lowest BCUT2D eigenvalue weighted by molar-refractivity contribution is -0.156. The van der Waals surface area contributed by atoms with E-state index in [2.05, 4.69) is 6.58 Å². The van der Waals surface area contributed by atoms with Crippen LogP contribution in [-0.2, 0) is 14.3 Å². The second-order valence-electron chi connectivity index (χ2n) is 4.79. The summed E-state index contributed by atoms with van der Waals surface area (Å²) in [6.07, 6.45) is 5.82. The summed E-state index contributed by atoms with van der Waals surface area (Å²) in [4.78, 5) is 11.9. The molecule has 2 fully saturated rings. The first-order valence-electron chi connectivity index (χ1n) is 6.11. The Morgan fingerprint density at radius 1 is 1.38 bits per heavy atom. The van der Waals surface area contributed by atoms with Crippen LogP contribution in [0.15, 0.2) is 12.7 Å². The Kier molecular flexibility index (Phi) is 3.77.